The molecule has 0 amide bonds. The molecule has 0 spiro atoms. The van der Waals surface area contributed by atoms with Gasteiger partial charge in [-0.05, 0) is 6.07 Å². The van der Waals surface area contributed by atoms with Crippen LogP contribution in [0.25, 0.3) is 0 Å². The van der Waals surface area contributed by atoms with Crippen molar-refractivity contribution in [3.05, 3.63) is 29.8 Å². The average molecular weight is 237 g/mol. The van der Waals surface area contributed by atoms with Gasteiger partial charge in [0.25, 0.3) is 0 Å². The highest BCUT2D eigenvalue weighted by molar-refractivity contribution is 7.99. The zero-order valence-electron chi connectivity index (χ0n) is 8.25. The second kappa shape index (κ2) is 4.27. The van der Waals surface area contributed by atoms with Crippen LogP contribution in [0.4, 0.5) is 0 Å². The summed E-state index contributed by atoms with van der Waals surface area (Å²) < 4.78 is 0. The Kier molecular flexibility index (Phi) is 2.98. The first-order valence-electron chi connectivity index (χ1n) is 4.76. The van der Waals surface area contributed by atoms with Crippen molar-refractivity contribution < 1.29 is 19.8 Å². The summed E-state index contributed by atoms with van der Waals surface area (Å²) in [6.45, 7) is 0. The summed E-state index contributed by atoms with van der Waals surface area (Å²) in [6.07, 6.45) is -1.73. The fourth-order valence-corrected chi connectivity index (χ4v) is 2.84. The molecule has 84 valence electrons. The molecular formula is C11H9O4S-. The van der Waals surface area contributed by atoms with Crippen molar-refractivity contribution >= 4 is 23.5 Å². The van der Waals surface area contributed by atoms with E-state index in [9.17, 15) is 19.8 Å². The quantitative estimate of drug-likeness (QED) is 0.764. The molecule has 0 saturated heterocycles. The van der Waals surface area contributed by atoms with E-state index < -0.39 is 18.0 Å². The summed E-state index contributed by atoms with van der Waals surface area (Å²) in [5.74, 6) is -2.57. The van der Waals surface area contributed by atoms with E-state index in [0.717, 1.165) is 4.90 Å². The maximum Gasteiger partial charge on any atom is 0.170 e. The zero-order valence-corrected chi connectivity index (χ0v) is 9.07. The van der Waals surface area contributed by atoms with E-state index in [2.05, 4.69) is 0 Å². The van der Waals surface area contributed by atoms with Crippen LogP contribution in [0.15, 0.2) is 29.2 Å². The summed E-state index contributed by atoms with van der Waals surface area (Å²) in [6, 6.07) is 6.97. The van der Waals surface area contributed by atoms with E-state index in [-0.39, 0.29) is 11.5 Å². The number of thioether (sulfide) groups is 1. The highest BCUT2D eigenvalue weighted by atomic mass is 32.2. The van der Waals surface area contributed by atoms with Crippen LogP contribution in [0.3, 0.4) is 0 Å². The van der Waals surface area contributed by atoms with Crippen LogP contribution in [0.2, 0.25) is 0 Å². The fourth-order valence-electron chi connectivity index (χ4n) is 1.65. The lowest BCUT2D eigenvalue weighted by atomic mass is 9.93. The van der Waals surface area contributed by atoms with Gasteiger partial charge in [0.2, 0.25) is 0 Å². The molecule has 1 aromatic rings. The number of carboxylic acids is 1. The molecule has 2 rings (SSSR count). The summed E-state index contributed by atoms with van der Waals surface area (Å²) in [7, 11) is 0. The van der Waals surface area contributed by atoms with Crippen LogP contribution in [-0.2, 0) is 4.79 Å². The Balaban J connectivity index is 2.31. The number of ketones is 1. The molecule has 2 unspecified atom stereocenters. The Morgan fingerprint density at radius 3 is 2.88 bits per heavy atom. The van der Waals surface area contributed by atoms with E-state index in [4.69, 9.17) is 0 Å². The van der Waals surface area contributed by atoms with E-state index >= 15 is 0 Å². The van der Waals surface area contributed by atoms with Gasteiger partial charge in [-0.15, -0.1) is 11.8 Å². The number of aliphatic hydroxyl groups excluding tert-OH is 1. The summed E-state index contributed by atoms with van der Waals surface area (Å²) in [5.41, 5.74) is 0.476. The fraction of sp³-hybridized carbons (Fsp3) is 0.273. The second-order valence-electron chi connectivity index (χ2n) is 3.54. The van der Waals surface area contributed by atoms with Gasteiger partial charge >= 0.3 is 0 Å². The van der Waals surface area contributed by atoms with Gasteiger partial charge in [-0.1, -0.05) is 18.2 Å². The number of hydrogen-bond acceptors (Lipinski definition) is 5. The topological polar surface area (TPSA) is 77.4 Å². The van der Waals surface area contributed by atoms with Crippen molar-refractivity contribution in [1.29, 1.82) is 0 Å². The molecule has 0 fully saturated rings. The van der Waals surface area contributed by atoms with Gasteiger partial charge in [0.15, 0.2) is 5.78 Å². The first-order valence-corrected chi connectivity index (χ1v) is 5.75. The maximum atomic E-state index is 11.9. The van der Waals surface area contributed by atoms with Gasteiger partial charge < -0.3 is 15.0 Å². The van der Waals surface area contributed by atoms with Crippen molar-refractivity contribution in [1.82, 2.24) is 0 Å². The summed E-state index contributed by atoms with van der Waals surface area (Å²) in [4.78, 5) is 23.3. The number of rotatable bonds is 2. The monoisotopic (exact) mass is 237 g/mol. The van der Waals surface area contributed by atoms with Crippen LogP contribution < -0.4 is 5.11 Å². The van der Waals surface area contributed by atoms with Gasteiger partial charge in [0, 0.05) is 16.2 Å². The van der Waals surface area contributed by atoms with Gasteiger partial charge in [0.1, 0.15) is 6.10 Å². The number of aliphatic hydroxyl groups is 1. The standard InChI is InChI=1S/C11H10O4S/c12-9-6-3-1-2-4-8(6)16-5-7(9)10(13)11(14)15/h1-4,7,10,13H,5H2,(H,14,15)/p-1. The molecule has 4 nitrogen and oxygen atoms in total. The third-order valence-electron chi connectivity index (χ3n) is 2.53. The average Bonchev–Trinajstić information content (AvgIpc) is 2.29. The summed E-state index contributed by atoms with van der Waals surface area (Å²) >= 11 is 1.37. The lowest BCUT2D eigenvalue weighted by Gasteiger charge is -2.26. The van der Waals surface area contributed by atoms with E-state index in [1.807, 2.05) is 6.07 Å². The minimum absolute atomic E-state index is 0.269. The van der Waals surface area contributed by atoms with Crippen LogP contribution >= 0.6 is 11.8 Å². The molecular weight excluding hydrogens is 228 g/mol. The van der Waals surface area contributed by atoms with Crippen molar-refractivity contribution in [2.45, 2.75) is 11.0 Å². The lowest BCUT2D eigenvalue weighted by Crippen LogP contribution is -2.45. The predicted molar refractivity (Wildman–Crippen MR) is 56.0 cm³/mol. The Bertz CT molecular complexity index is 443. The van der Waals surface area contributed by atoms with Crippen molar-refractivity contribution in [3.8, 4) is 0 Å². The molecule has 1 aromatic carbocycles. The van der Waals surface area contributed by atoms with Crippen LogP contribution in [0.1, 0.15) is 10.4 Å². The Morgan fingerprint density at radius 2 is 2.19 bits per heavy atom. The molecule has 0 saturated carbocycles. The number of aliphatic carboxylic acids is 1. The number of benzene rings is 1. The lowest BCUT2D eigenvalue weighted by molar-refractivity contribution is -0.316. The molecule has 1 aliphatic heterocycles. The van der Waals surface area contributed by atoms with E-state index in [0.29, 0.717) is 5.56 Å². The normalized spacial score (nSPS) is 21.3. The number of carbonyl (C=O) groups is 2. The predicted octanol–water partition coefficient (Wildman–Crippen LogP) is -0.298. The Hall–Kier alpha value is -1.33. The van der Waals surface area contributed by atoms with E-state index in [1.54, 1.807) is 18.2 Å². The van der Waals surface area contributed by atoms with Gasteiger partial charge in [-0.2, -0.15) is 0 Å². The molecule has 16 heavy (non-hydrogen) atoms. The van der Waals surface area contributed by atoms with Crippen molar-refractivity contribution in [2.24, 2.45) is 5.92 Å². The zero-order chi connectivity index (χ0) is 11.7. The molecule has 1 heterocycles. The third kappa shape index (κ3) is 1.83. The van der Waals surface area contributed by atoms with Crippen LogP contribution in [0, 0.1) is 5.92 Å². The van der Waals surface area contributed by atoms with Crippen LogP contribution in [0.5, 0.6) is 0 Å². The molecule has 2 atom stereocenters. The smallest absolute Gasteiger partial charge is 0.170 e. The minimum atomic E-state index is -1.73. The molecule has 0 aromatic heterocycles. The largest absolute Gasteiger partial charge is 0.547 e. The molecule has 5 heteroatoms. The Morgan fingerprint density at radius 1 is 1.50 bits per heavy atom. The van der Waals surface area contributed by atoms with Crippen LogP contribution in [-0.4, -0.2) is 28.7 Å². The first-order chi connectivity index (χ1) is 7.61. The number of carbonyl (C=O) groups excluding carboxylic acids is 2. The first kappa shape index (κ1) is 11.2. The molecule has 1 aliphatic rings. The van der Waals surface area contributed by atoms with Gasteiger partial charge in [0.05, 0.1) is 11.9 Å². The SMILES string of the molecule is O=C([O-])C(O)C1CSc2ccccc2C1=O. The van der Waals surface area contributed by atoms with Gasteiger partial charge in [-0.25, -0.2) is 0 Å². The van der Waals surface area contributed by atoms with Gasteiger partial charge in [-0.3, -0.25) is 4.79 Å². The number of fused-ring (bicyclic) bond motifs is 1. The maximum absolute atomic E-state index is 11.9. The van der Waals surface area contributed by atoms with Crippen molar-refractivity contribution in [3.63, 3.8) is 0 Å². The molecule has 0 radical (unpaired) electrons. The highest BCUT2D eigenvalue weighted by Gasteiger charge is 2.33. The third-order valence-corrected chi connectivity index (χ3v) is 3.72. The van der Waals surface area contributed by atoms with E-state index in [1.165, 1.54) is 11.8 Å². The number of carboxylic acid groups (broad SMARTS) is 1. The molecule has 1 N–H and O–H groups in total. The highest BCUT2D eigenvalue weighted by Crippen LogP contribution is 2.33. The second-order valence-corrected chi connectivity index (χ2v) is 4.60. The van der Waals surface area contributed by atoms with Crippen molar-refractivity contribution in [2.75, 3.05) is 5.75 Å². The molecule has 0 bridgehead atoms. The minimum Gasteiger partial charge on any atom is -0.547 e. The summed E-state index contributed by atoms with van der Waals surface area (Å²) in [5, 5.41) is 19.9. The Labute approximate surface area is 96.3 Å². The molecule has 0 aliphatic carbocycles. The number of Topliss-reactive ketones (excluding diaryl/α,β-unsaturated/α-hetero) is 1. The number of hydrogen-bond donors (Lipinski definition) is 1.